The van der Waals surface area contributed by atoms with Crippen molar-refractivity contribution in [1.29, 1.82) is 0 Å². The predicted molar refractivity (Wildman–Crippen MR) is 107 cm³/mol. The molecule has 0 saturated heterocycles. The van der Waals surface area contributed by atoms with E-state index in [1.54, 1.807) is 13.8 Å². The Morgan fingerprint density at radius 2 is 1.93 bits per heavy atom. The largest absolute Gasteiger partial charge is 0.479 e. The Hall–Kier alpha value is -2.18. The molecule has 0 bridgehead atoms. The van der Waals surface area contributed by atoms with E-state index < -0.39 is 16.9 Å². The topological polar surface area (TPSA) is 64.6 Å². The molecule has 5 nitrogen and oxygen atoms in total. The zero-order valence-corrected chi connectivity index (χ0v) is 16.7. The van der Waals surface area contributed by atoms with E-state index >= 15 is 0 Å². The van der Waals surface area contributed by atoms with Crippen LogP contribution >= 0.6 is 0 Å². The maximum atomic E-state index is 12.2. The van der Waals surface area contributed by atoms with E-state index in [9.17, 15) is 9.00 Å². The van der Waals surface area contributed by atoms with E-state index in [0.717, 1.165) is 23.4 Å². The Bertz CT molecular complexity index is 736. The summed E-state index contributed by atoms with van der Waals surface area (Å²) in [7, 11) is -0.952. The molecule has 1 N–H and O–H groups in total. The first-order chi connectivity index (χ1) is 13.1. The standard InChI is InChI=1S/C21H27NO4S/c1-3-25-21(23)17(2)26-19-10-7-9-18(15-19)16-22-13-8-14-27(24)20-11-5-4-6-12-20/h4-7,9-12,15,17,22H,3,8,13-14,16H2,1-2H3. The minimum atomic E-state index is -0.952. The minimum absolute atomic E-state index is 0.339. The Morgan fingerprint density at radius 1 is 1.15 bits per heavy atom. The lowest BCUT2D eigenvalue weighted by Gasteiger charge is -2.14. The van der Waals surface area contributed by atoms with Crippen molar-refractivity contribution in [3.63, 3.8) is 0 Å². The van der Waals surface area contributed by atoms with Gasteiger partial charge in [-0.15, -0.1) is 0 Å². The smallest absolute Gasteiger partial charge is 0.347 e. The monoisotopic (exact) mass is 389 g/mol. The van der Waals surface area contributed by atoms with E-state index in [-0.39, 0.29) is 5.97 Å². The van der Waals surface area contributed by atoms with Gasteiger partial charge in [-0.25, -0.2) is 4.79 Å². The molecule has 146 valence electrons. The maximum absolute atomic E-state index is 12.2. The summed E-state index contributed by atoms with van der Waals surface area (Å²) >= 11 is 0. The van der Waals surface area contributed by atoms with Crippen molar-refractivity contribution in [2.24, 2.45) is 0 Å². The molecule has 2 aromatic rings. The Morgan fingerprint density at radius 3 is 2.67 bits per heavy atom. The zero-order valence-electron chi connectivity index (χ0n) is 15.9. The van der Waals surface area contributed by atoms with Gasteiger partial charge in [0, 0.05) is 17.2 Å². The fourth-order valence-corrected chi connectivity index (χ4v) is 3.59. The molecule has 0 spiro atoms. The van der Waals surface area contributed by atoms with Crippen LogP contribution in [0, 0.1) is 0 Å². The molecule has 0 aliphatic heterocycles. The van der Waals surface area contributed by atoms with Crippen molar-refractivity contribution in [2.45, 2.75) is 37.8 Å². The third-order valence-electron chi connectivity index (χ3n) is 3.85. The van der Waals surface area contributed by atoms with Crippen molar-refractivity contribution in [1.82, 2.24) is 5.32 Å². The highest BCUT2D eigenvalue weighted by molar-refractivity contribution is 7.85. The van der Waals surface area contributed by atoms with E-state index in [0.29, 0.717) is 24.7 Å². The lowest BCUT2D eigenvalue weighted by molar-refractivity contribution is -0.150. The number of carbonyl (C=O) groups is 1. The molecule has 2 atom stereocenters. The molecule has 0 aliphatic carbocycles. The molecule has 6 heteroatoms. The fourth-order valence-electron chi connectivity index (χ4n) is 2.49. The number of esters is 1. The molecule has 0 aliphatic rings. The summed E-state index contributed by atoms with van der Waals surface area (Å²) in [6.45, 7) is 5.25. The number of carbonyl (C=O) groups excluding carboxylic acids is 1. The third kappa shape index (κ3) is 7.53. The van der Waals surface area contributed by atoms with Crippen molar-refractivity contribution in [3.05, 3.63) is 60.2 Å². The summed E-state index contributed by atoms with van der Waals surface area (Å²) in [6, 6.07) is 17.2. The molecule has 0 radical (unpaired) electrons. The number of nitrogens with one attached hydrogen (secondary N) is 1. The van der Waals surface area contributed by atoms with E-state index in [1.165, 1.54) is 0 Å². The number of hydrogen-bond acceptors (Lipinski definition) is 5. The highest BCUT2D eigenvalue weighted by Crippen LogP contribution is 2.15. The fraction of sp³-hybridized carbons (Fsp3) is 0.381. The number of hydrogen-bond donors (Lipinski definition) is 1. The van der Waals surface area contributed by atoms with Gasteiger partial charge in [-0.1, -0.05) is 30.3 Å². The molecule has 0 fully saturated rings. The van der Waals surface area contributed by atoms with Crippen LogP contribution in [0.2, 0.25) is 0 Å². The second-order valence-corrected chi connectivity index (χ2v) is 7.62. The van der Waals surface area contributed by atoms with Gasteiger partial charge < -0.3 is 14.8 Å². The van der Waals surface area contributed by atoms with Gasteiger partial charge in [0.2, 0.25) is 0 Å². The molecule has 0 aromatic heterocycles. The zero-order chi connectivity index (χ0) is 19.5. The van der Waals surface area contributed by atoms with Crippen LogP contribution in [-0.2, 0) is 26.9 Å². The summed E-state index contributed by atoms with van der Waals surface area (Å²) in [6.07, 6.45) is 0.193. The molecular formula is C21H27NO4S. The predicted octanol–water partition coefficient (Wildman–Crippen LogP) is 3.30. The average Bonchev–Trinajstić information content (AvgIpc) is 2.68. The molecule has 27 heavy (non-hydrogen) atoms. The van der Waals surface area contributed by atoms with E-state index in [1.807, 2.05) is 54.6 Å². The third-order valence-corrected chi connectivity index (χ3v) is 5.31. The molecule has 0 amide bonds. The van der Waals surface area contributed by atoms with Gasteiger partial charge in [0.25, 0.3) is 0 Å². The first-order valence-corrected chi connectivity index (χ1v) is 10.5. The summed E-state index contributed by atoms with van der Waals surface area (Å²) in [4.78, 5) is 12.5. The summed E-state index contributed by atoms with van der Waals surface area (Å²) in [5, 5.41) is 3.35. The first-order valence-electron chi connectivity index (χ1n) is 9.16. The van der Waals surface area contributed by atoms with Gasteiger partial charge >= 0.3 is 5.97 Å². The molecule has 0 saturated carbocycles. The van der Waals surface area contributed by atoms with Gasteiger partial charge in [0.1, 0.15) is 5.75 Å². The number of benzene rings is 2. The van der Waals surface area contributed by atoms with Crippen LogP contribution in [0.4, 0.5) is 0 Å². The van der Waals surface area contributed by atoms with Gasteiger partial charge in [-0.05, 0) is 56.6 Å². The lowest BCUT2D eigenvalue weighted by atomic mass is 10.2. The molecule has 2 aromatic carbocycles. The summed E-state index contributed by atoms with van der Waals surface area (Å²) in [5.74, 6) is 0.907. The van der Waals surface area contributed by atoms with Crippen molar-refractivity contribution >= 4 is 16.8 Å². The van der Waals surface area contributed by atoms with Crippen molar-refractivity contribution in [2.75, 3.05) is 18.9 Å². The van der Waals surface area contributed by atoms with Crippen LogP contribution in [0.1, 0.15) is 25.8 Å². The van der Waals surface area contributed by atoms with Gasteiger partial charge in [0.15, 0.2) is 6.10 Å². The minimum Gasteiger partial charge on any atom is -0.479 e. The van der Waals surface area contributed by atoms with Crippen LogP contribution in [-0.4, -0.2) is 35.2 Å². The Balaban J connectivity index is 1.71. The SMILES string of the molecule is CCOC(=O)C(C)Oc1cccc(CNCCCS(=O)c2ccccc2)c1. The van der Waals surface area contributed by atoms with Crippen molar-refractivity contribution < 1.29 is 18.5 Å². The van der Waals surface area contributed by atoms with Crippen molar-refractivity contribution in [3.8, 4) is 5.75 Å². The first kappa shape index (κ1) is 21.1. The second kappa shape index (κ2) is 11.5. The van der Waals surface area contributed by atoms with Crippen LogP contribution in [0.15, 0.2) is 59.5 Å². The second-order valence-electron chi connectivity index (χ2n) is 6.05. The Kier molecular flexibility index (Phi) is 9.01. The lowest BCUT2D eigenvalue weighted by Crippen LogP contribution is -2.26. The van der Waals surface area contributed by atoms with Gasteiger partial charge in [0.05, 0.1) is 17.4 Å². The highest BCUT2D eigenvalue weighted by atomic mass is 32.2. The number of ether oxygens (including phenoxy) is 2. The summed E-state index contributed by atoms with van der Waals surface area (Å²) < 4.78 is 22.7. The van der Waals surface area contributed by atoms with Gasteiger partial charge in [-0.3, -0.25) is 4.21 Å². The van der Waals surface area contributed by atoms with Crippen LogP contribution < -0.4 is 10.1 Å². The average molecular weight is 390 g/mol. The van der Waals surface area contributed by atoms with E-state index in [4.69, 9.17) is 9.47 Å². The van der Waals surface area contributed by atoms with Crippen LogP contribution in [0.25, 0.3) is 0 Å². The molecule has 2 unspecified atom stereocenters. The highest BCUT2D eigenvalue weighted by Gasteiger charge is 2.15. The molecule has 2 rings (SSSR count). The Labute approximate surface area is 163 Å². The van der Waals surface area contributed by atoms with E-state index in [2.05, 4.69) is 5.32 Å². The number of rotatable bonds is 11. The maximum Gasteiger partial charge on any atom is 0.347 e. The quantitative estimate of drug-likeness (QED) is 0.472. The summed E-state index contributed by atoms with van der Waals surface area (Å²) in [5.41, 5.74) is 1.06. The normalized spacial score (nSPS) is 13.0. The van der Waals surface area contributed by atoms with Crippen LogP contribution in [0.5, 0.6) is 5.75 Å². The molecule has 0 heterocycles. The van der Waals surface area contributed by atoms with Crippen LogP contribution in [0.3, 0.4) is 0 Å². The molecular weight excluding hydrogens is 362 g/mol. The van der Waals surface area contributed by atoms with Gasteiger partial charge in [-0.2, -0.15) is 0 Å².